The number of aliphatic carboxylic acids is 1. The number of amides is 1. The summed E-state index contributed by atoms with van der Waals surface area (Å²) in [5, 5.41) is 11.6. The van der Waals surface area contributed by atoms with E-state index in [1.807, 2.05) is 6.92 Å². The first-order valence-electron chi connectivity index (χ1n) is 4.76. The van der Waals surface area contributed by atoms with Crippen molar-refractivity contribution in [2.24, 2.45) is 0 Å². The van der Waals surface area contributed by atoms with Crippen LogP contribution in [0.25, 0.3) is 0 Å². The van der Waals surface area contributed by atoms with Gasteiger partial charge in [0.1, 0.15) is 6.04 Å². The fraction of sp³-hybridized carbons (Fsp3) is 0.600. The van der Waals surface area contributed by atoms with Gasteiger partial charge in [0.25, 0.3) is 0 Å². The molecule has 0 aliphatic carbocycles. The summed E-state index contributed by atoms with van der Waals surface area (Å²) in [4.78, 5) is 23.7. The molecule has 2 N–H and O–H groups in total. The van der Waals surface area contributed by atoms with Gasteiger partial charge in [0, 0.05) is 0 Å². The van der Waals surface area contributed by atoms with Crippen LogP contribution >= 0.6 is 0 Å². The number of nitrogens with zero attached hydrogens (tertiary/aromatic N) is 1. The fourth-order valence-corrected chi connectivity index (χ4v) is 1.40. The monoisotopic (exact) mass is 214 g/mol. The Morgan fingerprint density at radius 1 is 1.53 bits per heavy atom. The van der Waals surface area contributed by atoms with E-state index in [1.165, 1.54) is 0 Å². The second-order valence-corrected chi connectivity index (χ2v) is 3.47. The normalized spacial score (nSPS) is 14.4. The number of carboxylic acid groups (broad SMARTS) is 1. The minimum absolute atomic E-state index is 0.352. The zero-order chi connectivity index (χ0) is 12.0. The summed E-state index contributed by atoms with van der Waals surface area (Å²) in [7, 11) is 3.34. The van der Waals surface area contributed by atoms with Gasteiger partial charge in [0.05, 0.1) is 6.04 Å². The lowest BCUT2D eigenvalue weighted by atomic mass is 10.0. The second kappa shape index (κ2) is 6.19. The molecular formula is C10H18N2O3. The molecule has 0 heterocycles. The van der Waals surface area contributed by atoms with Crippen LogP contribution in [0.2, 0.25) is 0 Å². The molecule has 1 amide bonds. The first kappa shape index (κ1) is 13.6. The van der Waals surface area contributed by atoms with Crippen LogP contribution in [0.4, 0.5) is 0 Å². The first-order chi connectivity index (χ1) is 6.93. The number of carbonyl (C=O) groups is 2. The summed E-state index contributed by atoms with van der Waals surface area (Å²) in [5.41, 5.74) is 0. The summed E-state index contributed by atoms with van der Waals surface area (Å²) in [5.74, 6) is -1.30. The molecule has 0 aliphatic heterocycles. The Balaban J connectivity index is 4.66. The number of hydrogen-bond acceptors (Lipinski definition) is 3. The minimum Gasteiger partial charge on any atom is -0.480 e. The van der Waals surface area contributed by atoms with E-state index in [1.54, 1.807) is 19.0 Å². The fourth-order valence-electron chi connectivity index (χ4n) is 1.40. The summed E-state index contributed by atoms with van der Waals surface area (Å²) < 4.78 is 0. The van der Waals surface area contributed by atoms with E-state index in [0.29, 0.717) is 6.42 Å². The molecule has 2 atom stereocenters. The molecule has 0 fully saturated rings. The number of rotatable bonds is 6. The largest absolute Gasteiger partial charge is 0.480 e. The predicted octanol–water partition coefficient (Wildman–Crippen LogP) is 0.0820. The maximum atomic E-state index is 11.1. The highest BCUT2D eigenvalue weighted by molar-refractivity contribution is 5.88. The molecule has 0 saturated heterocycles. The molecule has 5 heteroatoms. The number of carbonyl (C=O) groups excluding carboxylic acids is 1. The number of carboxylic acids is 1. The lowest BCUT2D eigenvalue weighted by molar-refractivity contribution is -0.143. The quantitative estimate of drug-likeness (QED) is 0.614. The van der Waals surface area contributed by atoms with Crippen molar-refractivity contribution < 1.29 is 14.7 Å². The van der Waals surface area contributed by atoms with Crippen LogP contribution in [0.3, 0.4) is 0 Å². The highest BCUT2D eigenvalue weighted by Crippen LogP contribution is 2.05. The van der Waals surface area contributed by atoms with Crippen molar-refractivity contribution in [3.63, 3.8) is 0 Å². The van der Waals surface area contributed by atoms with Crippen molar-refractivity contribution in [3.8, 4) is 0 Å². The van der Waals surface area contributed by atoms with Crippen LogP contribution in [0.5, 0.6) is 0 Å². The minimum atomic E-state index is -0.948. The van der Waals surface area contributed by atoms with E-state index in [9.17, 15) is 9.59 Å². The van der Waals surface area contributed by atoms with E-state index in [4.69, 9.17) is 5.11 Å². The van der Waals surface area contributed by atoms with Gasteiger partial charge >= 0.3 is 5.97 Å². The van der Waals surface area contributed by atoms with E-state index < -0.39 is 18.1 Å². The molecule has 0 radical (unpaired) electrons. The lowest BCUT2D eigenvalue weighted by Crippen LogP contribution is -2.52. The van der Waals surface area contributed by atoms with Crippen LogP contribution in [0, 0.1) is 0 Å². The van der Waals surface area contributed by atoms with Gasteiger partial charge in [-0.25, -0.2) is 0 Å². The van der Waals surface area contributed by atoms with Crippen LogP contribution in [0.1, 0.15) is 13.3 Å². The molecule has 5 nitrogen and oxygen atoms in total. The average Bonchev–Trinajstić information content (AvgIpc) is 2.15. The van der Waals surface area contributed by atoms with Gasteiger partial charge in [-0.2, -0.15) is 0 Å². The molecule has 0 aliphatic rings. The van der Waals surface area contributed by atoms with E-state index in [2.05, 4.69) is 11.9 Å². The van der Waals surface area contributed by atoms with Gasteiger partial charge in [0.15, 0.2) is 0 Å². The summed E-state index contributed by atoms with van der Waals surface area (Å²) >= 11 is 0. The van der Waals surface area contributed by atoms with Crippen LogP contribution in [-0.2, 0) is 9.59 Å². The van der Waals surface area contributed by atoms with Crippen molar-refractivity contribution in [2.45, 2.75) is 25.4 Å². The zero-order valence-corrected chi connectivity index (χ0v) is 9.36. The third kappa shape index (κ3) is 4.12. The Bertz CT molecular complexity index is 251. The van der Waals surface area contributed by atoms with Crippen LogP contribution in [-0.4, -0.2) is 48.1 Å². The molecule has 15 heavy (non-hydrogen) atoms. The highest BCUT2D eigenvalue weighted by atomic mass is 16.4. The van der Waals surface area contributed by atoms with Crippen molar-refractivity contribution in [1.29, 1.82) is 0 Å². The average molecular weight is 214 g/mol. The maximum Gasteiger partial charge on any atom is 0.323 e. The second-order valence-electron chi connectivity index (χ2n) is 3.47. The predicted molar refractivity (Wildman–Crippen MR) is 57.5 cm³/mol. The third-order valence-electron chi connectivity index (χ3n) is 2.14. The Morgan fingerprint density at radius 2 is 2.07 bits per heavy atom. The highest BCUT2D eigenvalue weighted by Gasteiger charge is 2.29. The van der Waals surface area contributed by atoms with Crippen molar-refractivity contribution in [3.05, 3.63) is 12.7 Å². The lowest BCUT2D eigenvalue weighted by Gasteiger charge is -2.28. The smallest absolute Gasteiger partial charge is 0.323 e. The Labute approximate surface area is 89.8 Å². The Kier molecular flexibility index (Phi) is 5.62. The van der Waals surface area contributed by atoms with Gasteiger partial charge in [-0.3, -0.25) is 14.5 Å². The first-order valence-corrected chi connectivity index (χ1v) is 4.76. The van der Waals surface area contributed by atoms with Gasteiger partial charge in [0.2, 0.25) is 5.91 Å². The molecule has 0 bridgehead atoms. The Hall–Kier alpha value is -1.36. The van der Waals surface area contributed by atoms with Gasteiger partial charge in [-0.1, -0.05) is 13.5 Å². The zero-order valence-electron chi connectivity index (χ0n) is 9.36. The molecule has 0 aromatic rings. The molecule has 86 valence electrons. The molecule has 0 aromatic carbocycles. The van der Waals surface area contributed by atoms with Crippen LogP contribution < -0.4 is 5.32 Å². The van der Waals surface area contributed by atoms with Gasteiger partial charge in [-0.15, -0.1) is 0 Å². The van der Waals surface area contributed by atoms with Gasteiger partial charge < -0.3 is 10.4 Å². The number of likely N-dealkylation sites (N-methyl/N-ethyl adjacent to an activating group) is 1. The Morgan fingerprint density at radius 3 is 2.33 bits per heavy atom. The standard InChI is InChI=1S/C10H18N2O3/c1-5-7(11-8(13)6-2)9(10(14)15)12(3)4/h6-7,9H,2,5H2,1,3-4H3,(H,11,13)(H,14,15). The number of hydrogen-bond donors (Lipinski definition) is 2. The molecule has 2 unspecified atom stereocenters. The van der Waals surface area contributed by atoms with Crippen molar-refractivity contribution >= 4 is 11.9 Å². The van der Waals surface area contributed by atoms with Crippen LogP contribution in [0.15, 0.2) is 12.7 Å². The third-order valence-corrected chi connectivity index (χ3v) is 2.14. The van der Waals surface area contributed by atoms with E-state index >= 15 is 0 Å². The maximum absolute atomic E-state index is 11.1. The molecule has 0 aromatic heterocycles. The molecule has 0 saturated carbocycles. The van der Waals surface area contributed by atoms with E-state index in [-0.39, 0.29) is 5.91 Å². The summed E-state index contributed by atoms with van der Waals surface area (Å²) in [6, 6.07) is -1.14. The summed E-state index contributed by atoms with van der Waals surface area (Å²) in [6.07, 6.45) is 1.69. The van der Waals surface area contributed by atoms with Gasteiger partial charge in [-0.05, 0) is 26.6 Å². The summed E-state index contributed by atoms with van der Waals surface area (Å²) in [6.45, 7) is 5.15. The molecule has 0 spiro atoms. The van der Waals surface area contributed by atoms with E-state index in [0.717, 1.165) is 6.08 Å². The number of nitrogens with one attached hydrogen (secondary N) is 1. The topological polar surface area (TPSA) is 69.6 Å². The molecular weight excluding hydrogens is 196 g/mol. The van der Waals surface area contributed by atoms with Crippen molar-refractivity contribution in [2.75, 3.05) is 14.1 Å². The molecule has 0 rings (SSSR count). The SMILES string of the molecule is C=CC(=O)NC(CC)C(C(=O)O)N(C)C. The van der Waals surface area contributed by atoms with Crippen molar-refractivity contribution in [1.82, 2.24) is 10.2 Å².